The SMILES string of the molecule is CCN(Cc1cc(C)ccc1-c1cc(CC(=O)O)cnc1OCc1ccccc1)C(=O)C1CC1. The van der Waals surface area contributed by atoms with Crippen molar-refractivity contribution in [2.45, 2.75) is 46.3 Å². The molecule has 0 spiro atoms. The lowest BCUT2D eigenvalue weighted by molar-refractivity contribution is -0.136. The second kappa shape index (κ2) is 10.5. The fourth-order valence-electron chi connectivity index (χ4n) is 4.06. The first kappa shape index (κ1) is 23.5. The van der Waals surface area contributed by atoms with Crippen LogP contribution in [-0.2, 0) is 29.2 Å². The molecule has 0 atom stereocenters. The Hall–Kier alpha value is -3.67. The van der Waals surface area contributed by atoms with Gasteiger partial charge in [-0.05, 0) is 55.0 Å². The Bertz CT molecular complexity index is 1170. The van der Waals surface area contributed by atoms with Crippen molar-refractivity contribution in [2.24, 2.45) is 5.92 Å². The molecule has 2 aromatic carbocycles. The minimum atomic E-state index is -0.915. The standard InChI is InChI=1S/C28H30N2O4/c1-3-30(28(33)22-10-11-22)17-23-13-19(2)9-12-24(23)25-14-21(15-26(31)32)16-29-27(25)34-18-20-7-5-4-6-8-20/h4-9,12-14,16,22H,3,10-11,15,17-18H2,1-2H3,(H,31,32). The van der Waals surface area contributed by atoms with Gasteiger partial charge in [-0.15, -0.1) is 0 Å². The van der Waals surface area contributed by atoms with E-state index in [-0.39, 0.29) is 18.2 Å². The summed E-state index contributed by atoms with van der Waals surface area (Å²) in [5.41, 5.74) is 5.34. The number of aromatic nitrogens is 1. The third kappa shape index (κ3) is 5.81. The molecule has 6 heteroatoms. The van der Waals surface area contributed by atoms with E-state index in [9.17, 15) is 14.7 Å². The fraction of sp³-hybridized carbons (Fsp3) is 0.321. The number of rotatable bonds is 10. The van der Waals surface area contributed by atoms with E-state index in [1.54, 1.807) is 6.20 Å². The summed E-state index contributed by atoms with van der Waals surface area (Å²) < 4.78 is 6.11. The van der Waals surface area contributed by atoms with Gasteiger partial charge in [0.15, 0.2) is 0 Å². The molecule has 1 aliphatic carbocycles. The van der Waals surface area contributed by atoms with E-state index < -0.39 is 5.97 Å². The summed E-state index contributed by atoms with van der Waals surface area (Å²) in [6, 6.07) is 17.8. The van der Waals surface area contributed by atoms with Crippen LogP contribution in [0.25, 0.3) is 11.1 Å². The summed E-state index contributed by atoms with van der Waals surface area (Å²) >= 11 is 0. The monoisotopic (exact) mass is 458 g/mol. The van der Waals surface area contributed by atoms with Gasteiger partial charge in [-0.1, -0.05) is 54.1 Å². The van der Waals surface area contributed by atoms with Gasteiger partial charge < -0.3 is 14.7 Å². The third-order valence-electron chi connectivity index (χ3n) is 6.01. The van der Waals surface area contributed by atoms with Crippen molar-refractivity contribution in [3.63, 3.8) is 0 Å². The quantitative estimate of drug-likeness (QED) is 0.461. The van der Waals surface area contributed by atoms with Crippen molar-refractivity contribution in [3.05, 3.63) is 83.0 Å². The molecule has 176 valence electrons. The van der Waals surface area contributed by atoms with Gasteiger partial charge in [-0.25, -0.2) is 4.98 Å². The van der Waals surface area contributed by atoms with Crippen molar-refractivity contribution >= 4 is 11.9 Å². The van der Waals surface area contributed by atoms with Gasteiger partial charge in [0.2, 0.25) is 11.8 Å². The Kier molecular flexibility index (Phi) is 7.26. The highest BCUT2D eigenvalue weighted by Crippen LogP contribution is 2.35. The zero-order valence-electron chi connectivity index (χ0n) is 19.7. The van der Waals surface area contributed by atoms with Gasteiger partial charge in [0.05, 0.1) is 6.42 Å². The number of aliphatic carboxylic acids is 1. The minimum Gasteiger partial charge on any atom is -0.481 e. The van der Waals surface area contributed by atoms with Crippen LogP contribution in [0.2, 0.25) is 0 Å². The second-order valence-corrected chi connectivity index (χ2v) is 8.83. The Balaban J connectivity index is 1.71. The maximum atomic E-state index is 12.8. The molecule has 1 heterocycles. The van der Waals surface area contributed by atoms with Crippen LogP contribution < -0.4 is 4.74 Å². The molecular formula is C28H30N2O4. The lowest BCUT2D eigenvalue weighted by atomic mass is 9.96. The number of pyridine rings is 1. The van der Waals surface area contributed by atoms with Crippen LogP contribution >= 0.6 is 0 Å². The minimum absolute atomic E-state index is 0.124. The molecule has 0 unspecified atom stereocenters. The molecule has 34 heavy (non-hydrogen) atoms. The average Bonchev–Trinajstić information content (AvgIpc) is 3.67. The summed E-state index contributed by atoms with van der Waals surface area (Å²) in [7, 11) is 0. The Morgan fingerprint density at radius 1 is 1.06 bits per heavy atom. The van der Waals surface area contributed by atoms with E-state index in [4.69, 9.17) is 4.74 Å². The summed E-state index contributed by atoms with van der Waals surface area (Å²) in [5.74, 6) is -0.117. The number of carbonyl (C=O) groups is 2. The molecule has 1 saturated carbocycles. The predicted molar refractivity (Wildman–Crippen MR) is 130 cm³/mol. The van der Waals surface area contributed by atoms with E-state index in [0.717, 1.165) is 40.7 Å². The zero-order valence-corrected chi connectivity index (χ0v) is 19.7. The number of nitrogens with zero attached hydrogens (tertiary/aromatic N) is 2. The molecule has 1 amide bonds. The Morgan fingerprint density at radius 2 is 1.82 bits per heavy atom. The number of ether oxygens (including phenoxy) is 1. The predicted octanol–water partition coefficient (Wildman–Crippen LogP) is 5.02. The van der Waals surface area contributed by atoms with Gasteiger partial charge >= 0.3 is 5.97 Å². The second-order valence-electron chi connectivity index (χ2n) is 8.83. The first-order chi connectivity index (χ1) is 16.4. The number of hydrogen-bond donors (Lipinski definition) is 1. The number of carbonyl (C=O) groups excluding carboxylic acids is 1. The Morgan fingerprint density at radius 3 is 2.50 bits per heavy atom. The molecule has 0 saturated heterocycles. The van der Waals surface area contributed by atoms with E-state index in [0.29, 0.717) is 31.1 Å². The lowest BCUT2D eigenvalue weighted by Gasteiger charge is -2.23. The Labute approximate surface area is 200 Å². The van der Waals surface area contributed by atoms with Gasteiger partial charge in [-0.3, -0.25) is 9.59 Å². The van der Waals surface area contributed by atoms with Crippen molar-refractivity contribution in [2.75, 3.05) is 6.54 Å². The first-order valence-corrected chi connectivity index (χ1v) is 11.7. The lowest BCUT2D eigenvalue weighted by Crippen LogP contribution is -2.31. The number of carboxylic acid groups (broad SMARTS) is 1. The van der Waals surface area contributed by atoms with Crippen molar-refractivity contribution < 1.29 is 19.4 Å². The topological polar surface area (TPSA) is 79.7 Å². The van der Waals surface area contributed by atoms with Gasteiger partial charge in [0.1, 0.15) is 6.61 Å². The van der Waals surface area contributed by atoms with Crippen LogP contribution in [0.4, 0.5) is 0 Å². The molecule has 0 radical (unpaired) electrons. The summed E-state index contributed by atoms with van der Waals surface area (Å²) in [6.07, 6.45) is 3.37. The average molecular weight is 459 g/mol. The molecule has 1 aromatic heterocycles. The first-order valence-electron chi connectivity index (χ1n) is 11.7. The number of hydrogen-bond acceptors (Lipinski definition) is 4. The molecule has 1 N–H and O–H groups in total. The van der Waals surface area contributed by atoms with Crippen LogP contribution in [0.5, 0.6) is 5.88 Å². The van der Waals surface area contributed by atoms with E-state index in [1.165, 1.54) is 0 Å². The van der Waals surface area contributed by atoms with Crippen molar-refractivity contribution in [3.8, 4) is 17.0 Å². The summed E-state index contributed by atoms with van der Waals surface area (Å²) in [4.78, 5) is 30.5. The maximum Gasteiger partial charge on any atom is 0.307 e. The fourth-order valence-corrected chi connectivity index (χ4v) is 4.06. The van der Waals surface area contributed by atoms with Crippen LogP contribution in [0.15, 0.2) is 60.8 Å². The smallest absolute Gasteiger partial charge is 0.307 e. The van der Waals surface area contributed by atoms with E-state index >= 15 is 0 Å². The molecular weight excluding hydrogens is 428 g/mol. The number of amides is 1. The normalized spacial score (nSPS) is 12.9. The van der Waals surface area contributed by atoms with E-state index in [2.05, 4.69) is 11.1 Å². The van der Waals surface area contributed by atoms with Crippen LogP contribution in [0, 0.1) is 12.8 Å². The highest BCUT2D eigenvalue weighted by molar-refractivity contribution is 5.82. The largest absolute Gasteiger partial charge is 0.481 e. The van der Waals surface area contributed by atoms with Crippen LogP contribution in [-0.4, -0.2) is 33.4 Å². The molecule has 4 rings (SSSR count). The van der Waals surface area contributed by atoms with Crippen molar-refractivity contribution in [1.82, 2.24) is 9.88 Å². The van der Waals surface area contributed by atoms with Gasteiger partial charge in [0.25, 0.3) is 0 Å². The third-order valence-corrected chi connectivity index (χ3v) is 6.01. The molecule has 0 bridgehead atoms. The van der Waals surface area contributed by atoms with Gasteiger partial charge in [-0.2, -0.15) is 0 Å². The van der Waals surface area contributed by atoms with Crippen LogP contribution in [0.3, 0.4) is 0 Å². The summed E-state index contributed by atoms with van der Waals surface area (Å²) in [5, 5.41) is 9.31. The van der Waals surface area contributed by atoms with Gasteiger partial charge in [0, 0.05) is 30.8 Å². The number of aryl methyl sites for hydroxylation is 1. The number of benzene rings is 2. The number of carboxylic acids is 1. The van der Waals surface area contributed by atoms with Crippen molar-refractivity contribution in [1.29, 1.82) is 0 Å². The van der Waals surface area contributed by atoms with Crippen LogP contribution in [0.1, 0.15) is 42.0 Å². The maximum absolute atomic E-state index is 12.8. The molecule has 1 aliphatic rings. The molecule has 1 fully saturated rings. The highest BCUT2D eigenvalue weighted by Gasteiger charge is 2.33. The van der Waals surface area contributed by atoms with E-state index in [1.807, 2.05) is 67.3 Å². The summed E-state index contributed by atoms with van der Waals surface area (Å²) in [6.45, 7) is 5.50. The molecule has 6 nitrogen and oxygen atoms in total. The molecule has 3 aromatic rings. The molecule has 0 aliphatic heterocycles. The zero-order chi connectivity index (χ0) is 24.1. The highest BCUT2D eigenvalue weighted by atomic mass is 16.5.